The molecular formula is C10H22ClN. The Morgan fingerprint density at radius 1 is 1.00 bits per heavy atom. The van der Waals surface area contributed by atoms with Crippen molar-refractivity contribution in [3.05, 3.63) is 0 Å². The Bertz CT molecular complexity index is 120. The fraction of sp³-hybridized carbons (Fsp3) is 1.00. The van der Waals surface area contributed by atoms with Gasteiger partial charge in [-0.05, 0) is 37.0 Å². The molecule has 0 aromatic carbocycles. The van der Waals surface area contributed by atoms with Gasteiger partial charge in [0.25, 0.3) is 0 Å². The summed E-state index contributed by atoms with van der Waals surface area (Å²) in [6.45, 7) is 7.03. The molecule has 0 saturated heterocycles. The molecule has 1 aliphatic carbocycles. The van der Waals surface area contributed by atoms with Crippen LogP contribution in [-0.4, -0.2) is 6.04 Å². The molecule has 0 atom stereocenters. The summed E-state index contributed by atoms with van der Waals surface area (Å²) in [5.41, 5.74) is 6.34. The Morgan fingerprint density at radius 3 is 1.75 bits per heavy atom. The van der Waals surface area contributed by atoms with Gasteiger partial charge in [0.1, 0.15) is 0 Å². The fourth-order valence-corrected chi connectivity index (χ4v) is 1.99. The first-order valence-corrected chi connectivity index (χ1v) is 4.76. The van der Waals surface area contributed by atoms with Gasteiger partial charge < -0.3 is 5.73 Å². The average molecular weight is 192 g/mol. The highest BCUT2D eigenvalue weighted by Gasteiger charge is 2.28. The van der Waals surface area contributed by atoms with Crippen LogP contribution in [0.1, 0.15) is 46.5 Å². The first-order valence-electron chi connectivity index (χ1n) is 4.76. The van der Waals surface area contributed by atoms with E-state index in [-0.39, 0.29) is 12.4 Å². The molecule has 0 radical (unpaired) electrons. The van der Waals surface area contributed by atoms with E-state index in [4.69, 9.17) is 5.73 Å². The summed E-state index contributed by atoms with van der Waals surface area (Å²) >= 11 is 0. The van der Waals surface area contributed by atoms with E-state index in [1.54, 1.807) is 0 Å². The standard InChI is InChI=1S/C10H21N.ClH/c1-10(2,3)8-4-6-9(11)7-5-8;/h8-9H,4-7,11H2,1-3H3;1H/t8-,9-;. The molecule has 0 aromatic heterocycles. The third-order valence-corrected chi connectivity index (χ3v) is 3.00. The largest absolute Gasteiger partial charge is 0.328 e. The summed E-state index contributed by atoms with van der Waals surface area (Å²) in [6.07, 6.45) is 5.15. The van der Waals surface area contributed by atoms with Gasteiger partial charge in [-0.25, -0.2) is 0 Å². The molecule has 74 valence electrons. The van der Waals surface area contributed by atoms with E-state index in [0.717, 1.165) is 5.92 Å². The Hall–Kier alpha value is 0.250. The van der Waals surface area contributed by atoms with Gasteiger partial charge in [-0.3, -0.25) is 0 Å². The number of hydrogen-bond donors (Lipinski definition) is 1. The van der Waals surface area contributed by atoms with Crippen LogP contribution in [0.2, 0.25) is 0 Å². The summed E-state index contributed by atoms with van der Waals surface area (Å²) in [5.74, 6) is 0.905. The van der Waals surface area contributed by atoms with Crippen LogP contribution in [0.3, 0.4) is 0 Å². The summed E-state index contributed by atoms with van der Waals surface area (Å²) in [7, 11) is 0. The van der Waals surface area contributed by atoms with Gasteiger partial charge in [0.15, 0.2) is 0 Å². The Balaban J connectivity index is 0.00000121. The van der Waals surface area contributed by atoms with Crippen LogP contribution >= 0.6 is 12.4 Å². The molecule has 0 bridgehead atoms. The maximum Gasteiger partial charge on any atom is 0.00390 e. The first kappa shape index (κ1) is 12.2. The monoisotopic (exact) mass is 191 g/mol. The molecule has 0 spiro atoms. The second-order valence-corrected chi connectivity index (χ2v) is 4.98. The van der Waals surface area contributed by atoms with Gasteiger partial charge in [0.2, 0.25) is 0 Å². The maximum atomic E-state index is 5.84. The molecule has 12 heavy (non-hydrogen) atoms. The third kappa shape index (κ3) is 3.32. The van der Waals surface area contributed by atoms with Crippen molar-refractivity contribution in [1.82, 2.24) is 0 Å². The Morgan fingerprint density at radius 2 is 1.42 bits per heavy atom. The Labute approximate surface area is 82.5 Å². The normalized spacial score (nSPS) is 31.0. The van der Waals surface area contributed by atoms with Crippen LogP contribution in [-0.2, 0) is 0 Å². The third-order valence-electron chi connectivity index (χ3n) is 3.00. The van der Waals surface area contributed by atoms with Crippen molar-refractivity contribution < 1.29 is 0 Å². The molecule has 2 N–H and O–H groups in total. The highest BCUT2D eigenvalue weighted by atomic mass is 35.5. The minimum atomic E-state index is 0. The lowest BCUT2D eigenvalue weighted by Gasteiger charge is -2.35. The Kier molecular flexibility index (Phi) is 4.57. The molecule has 1 aliphatic rings. The van der Waals surface area contributed by atoms with Crippen molar-refractivity contribution in [3.63, 3.8) is 0 Å². The minimum Gasteiger partial charge on any atom is -0.328 e. The highest BCUT2D eigenvalue weighted by molar-refractivity contribution is 5.85. The summed E-state index contributed by atoms with van der Waals surface area (Å²) in [6, 6.07) is 0.494. The molecule has 0 unspecified atom stereocenters. The van der Waals surface area contributed by atoms with E-state index in [1.165, 1.54) is 25.7 Å². The summed E-state index contributed by atoms with van der Waals surface area (Å²) in [5, 5.41) is 0. The molecule has 1 rings (SSSR count). The van der Waals surface area contributed by atoms with Crippen molar-refractivity contribution in [3.8, 4) is 0 Å². The van der Waals surface area contributed by atoms with Crippen LogP contribution in [0.5, 0.6) is 0 Å². The van der Waals surface area contributed by atoms with Gasteiger partial charge in [-0.1, -0.05) is 20.8 Å². The summed E-state index contributed by atoms with van der Waals surface area (Å²) in [4.78, 5) is 0. The number of hydrogen-bond acceptors (Lipinski definition) is 1. The molecule has 1 nitrogen and oxygen atoms in total. The van der Waals surface area contributed by atoms with E-state index < -0.39 is 0 Å². The van der Waals surface area contributed by atoms with Gasteiger partial charge in [-0.2, -0.15) is 0 Å². The lowest BCUT2D eigenvalue weighted by molar-refractivity contribution is 0.170. The van der Waals surface area contributed by atoms with Crippen molar-refractivity contribution in [1.29, 1.82) is 0 Å². The van der Waals surface area contributed by atoms with Crippen molar-refractivity contribution in [2.24, 2.45) is 17.1 Å². The van der Waals surface area contributed by atoms with E-state index in [2.05, 4.69) is 20.8 Å². The molecular weight excluding hydrogens is 170 g/mol. The van der Waals surface area contributed by atoms with Crippen LogP contribution in [0.4, 0.5) is 0 Å². The zero-order valence-corrected chi connectivity index (χ0v) is 9.29. The van der Waals surface area contributed by atoms with Crippen LogP contribution < -0.4 is 5.73 Å². The molecule has 0 amide bonds. The van der Waals surface area contributed by atoms with E-state index in [0.29, 0.717) is 11.5 Å². The van der Waals surface area contributed by atoms with Gasteiger partial charge in [0, 0.05) is 6.04 Å². The first-order chi connectivity index (χ1) is 5.00. The lowest BCUT2D eigenvalue weighted by Crippen LogP contribution is -2.31. The van der Waals surface area contributed by atoms with Gasteiger partial charge in [0.05, 0.1) is 0 Å². The zero-order chi connectivity index (χ0) is 8.48. The van der Waals surface area contributed by atoms with Crippen molar-refractivity contribution in [2.75, 3.05) is 0 Å². The minimum absolute atomic E-state index is 0. The molecule has 2 heteroatoms. The average Bonchev–Trinajstić information content (AvgIpc) is 1.86. The van der Waals surface area contributed by atoms with E-state index >= 15 is 0 Å². The molecule has 0 aromatic rings. The zero-order valence-electron chi connectivity index (χ0n) is 8.47. The van der Waals surface area contributed by atoms with Gasteiger partial charge in [-0.15, -0.1) is 12.4 Å². The quantitative estimate of drug-likeness (QED) is 0.626. The predicted molar refractivity (Wildman–Crippen MR) is 56.6 cm³/mol. The van der Waals surface area contributed by atoms with Crippen molar-refractivity contribution >= 4 is 12.4 Å². The maximum absolute atomic E-state index is 5.84. The van der Waals surface area contributed by atoms with E-state index in [9.17, 15) is 0 Å². The van der Waals surface area contributed by atoms with Gasteiger partial charge >= 0.3 is 0 Å². The second-order valence-electron chi connectivity index (χ2n) is 4.98. The van der Waals surface area contributed by atoms with Crippen LogP contribution in [0.15, 0.2) is 0 Å². The summed E-state index contributed by atoms with van der Waals surface area (Å²) < 4.78 is 0. The number of halogens is 1. The highest BCUT2D eigenvalue weighted by Crippen LogP contribution is 2.37. The van der Waals surface area contributed by atoms with Crippen LogP contribution in [0.25, 0.3) is 0 Å². The fourth-order valence-electron chi connectivity index (χ4n) is 1.99. The molecule has 0 aliphatic heterocycles. The van der Waals surface area contributed by atoms with Crippen molar-refractivity contribution in [2.45, 2.75) is 52.5 Å². The van der Waals surface area contributed by atoms with Crippen LogP contribution in [0, 0.1) is 11.3 Å². The topological polar surface area (TPSA) is 26.0 Å². The lowest BCUT2D eigenvalue weighted by atomic mass is 9.71. The molecule has 1 fully saturated rings. The molecule has 0 heterocycles. The second kappa shape index (κ2) is 4.48. The molecule has 1 saturated carbocycles. The predicted octanol–water partition coefficient (Wildman–Crippen LogP) is 2.97. The number of rotatable bonds is 0. The SMILES string of the molecule is CC(C)(C)[C@H]1CC[C@H](N)CC1.Cl. The number of nitrogens with two attached hydrogens (primary N) is 1. The smallest absolute Gasteiger partial charge is 0.00390 e. The van der Waals surface area contributed by atoms with E-state index in [1.807, 2.05) is 0 Å².